The van der Waals surface area contributed by atoms with Gasteiger partial charge in [0.05, 0.1) is 25.3 Å². The largest absolute Gasteiger partial charge is 0.481 e. The zero-order chi connectivity index (χ0) is 15.4. The third-order valence-corrected chi connectivity index (χ3v) is 3.26. The van der Waals surface area contributed by atoms with E-state index in [0.717, 1.165) is 11.3 Å². The van der Waals surface area contributed by atoms with Crippen LogP contribution in [0.5, 0.6) is 5.75 Å². The third-order valence-electron chi connectivity index (χ3n) is 3.26. The number of nitrogens with zero attached hydrogens (tertiary/aromatic N) is 1. The van der Waals surface area contributed by atoms with E-state index >= 15 is 0 Å². The number of anilines is 1. The molecule has 1 aliphatic rings. The summed E-state index contributed by atoms with van der Waals surface area (Å²) in [5.41, 5.74) is 1.86. The molecule has 1 atom stereocenters. The van der Waals surface area contributed by atoms with Crippen molar-refractivity contribution in [3.8, 4) is 5.75 Å². The fraction of sp³-hybridized carbons (Fsp3) is 0.467. The van der Waals surface area contributed by atoms with Gasteiger partial charge in [-0.25, -0.2) is 4.79 Å². The van der Waals surface area contributed by atoms with E-state index in [1.807, 2.05) is 24.0 Å². The van der Waals surface area contributed by atoms with Crippen molar-refractivity contribution < 1.29 is 24.2 Å². The lowest BCUT2D eigenvalue weighted by atomic mass is 10.1. The Morgan fingerprint density at radius 3 is 2.90 bits per heavy atom. The Labute approximate surface area is 123 Å². The number of aryl methyl sites for hydroxylation is 1. The van der Waals surface area contributed by atoms with Crippen molar-refractivity contribution in [3.05, 3.63) is 23.8 Å². The zero-order valence-corrected chi connectivity index (χ0v) is 12.2. The highest BCUT2D eigenvalue weighted by atomic mass is 16.6. The average molecular weight is 293 g/mol. The number of benzene rings is 1. The summed E-state index contributed by atoms with van der Waals surface area (Å²) >= 11 is 0. The molecule has 1 heterocycles. The van der Waals surface area contributed by atoms with Gasteiger partial charge in [-0.05, 0) is 31.5 Å². The van der Waals surface area contributed by atoms with Crippen molar-refractivity contribution >= 4 is 17.6 Å². The number of ether oxygens (including phenoxy) is 2. The van der Waals surface area contributed by atoms with Gasteiger partial charge in [0.2, 0.25) is 6.10 Å². The number of carbonyl (C=O) groups excluding carboxylic acids is 1. The topological polar surface area (TPSA) is 76.1 Å². The van der Waals surface area contributed by atoms with Crippen molar-refractivity contribution in [1.82, 2.24) is 0 Å². The summed E-state index contributed by atoms with van der Waals surface area (Å²) in [6, 6.07) is 5.62. The van der Waals surface area contributed by atoms with Gasteiger partial charge in [0.15, 0.2) is 0 Å². The smallest absolute Gasteiger partial charge is 0.349 e. The lowest BCUT2D eigenvalue weighted by Crippen LogP contribution is -2.46. The van der Waals surface area contributed by atoms with Crippen molar-refractivity contribution in [3.63, 3.8) is 0 Å². The van der Waals surface area contributed by atoms with Gasteiger partial charge < -0.3 is 19.5 Å². The van der Waals surface area contributed by atoms with Crippen LogP contribution < -0.4 is 9.64 Å². The Kier molecular flexibility index (Phi) is 4.67. The molecule has 0 fully saturated rings. The minimum Gasteiger partial charge on any atom is -0.481 e. The molecule has 0 saturated carbocycles. The predicted molar refractivity (Wildman–Crippen MR) is 76.7 cm³/mol. The van der Waals surface area contributed by atoms with Crippen LogP contribution in [0.4, 0.5) is 5.69 Å². The Morgan fingerprint density at radius 2 is 2.24 bits per heavy atom. The monoisotopic (exact) mass is 293 g/mol. The van der Waals surface area contributed by atoms with E-state index < -0.39 is 18.0 Å². The molecule has 1 aromatic rings. The highest BCUT2D eigenvalue weighted by Gasteiger charge is 2.31. The normalized spacial score (nSPS) is 16.9. The molecule has 6 heteroatoms. The van der Waals surface area contributed by atoms with Crippen LogP contribution in [0.15, 0.2) is 18.2 Å². The van der Waals surface area contributed by atoms with E-state index in [0.29, 0.717) is 18.8 Å². The Morgan fingerprint density at radius 1 is 1.48 bits per heavy atom. The molecule has 0 saturated heterocycles. The van der Waals surface area contributed by atoms with Crippen molar-refractivity contribution in [1.29, 1.82) is 0 Å². The molecule has 1 aromatic carbocycles. The molecule has 114 valence electrons. The highest BCUT2D eigenvalue weighted by Crippen LogP contribution is 2.34. The lowest BCUT2D eigenvalue weighted by Gasteiger charge is -2.35. The van der Waals surface area contributed by atoms with Gasteiger partial charge in [0.1, 0.15) is 5.75 Å². The molecule has 0 spiro atoms. The van der Waals surface area contributed by atoms with E-state index in [2.05, 4.69) is 0 Å². The van der Waals surface area contributed by atoms with Crippen molar-refractivity contribution in [2.45, 2.75) is 26.4 Å². The Balaban J connectivity index is 2.23. The van der Waals surface area contributed by atoms with Crippen LogP contribution in [0.2, 0.25) is 0 Å². The molecule has 21 heavy (non-hydrogen) atoms. The first kappa shape index (κ1) is 15.2. The van der Waals surface area contributed by atoms with Crippen LogP contribution in [0.25, 0.3) is 0 Å². The van der Waals surface area contributed by atoms with Gasteiger partial charge in [-0.2, -0.15) is 0 Å². The van der Waals surface area contributed by atoms with E-state index in [1.54, 1.807) is 13.0 Å². The second-order valence-electron chi connectivity index (χ2n) is 4.92. The number of hydrogen-bond donors (Lipinski definition) is 1. The first-order valence-electron chi connectivity index (χ1n) is 6.92. The predicted octanol–water partition coefficient (Wildman–Crippen LogP) is 1.60. The Bertz CT molecular complexity index is 543. The van der Waals surface area contributed by atoms with Crippen LogP contribution in [0.3, 0.4) is 0 Å². The SMILES string of the molecule is CCOC(=O)C1CN(CCC(=O)O)c2cc(C)ccc2O1. The van der Waals surface area contributed by atoms with E-state index in [9.17, 15) is 9.59 Å². The van der Waals surface area contributed by atoms with Crippen LogP contribution in [-0.4, -0.2) is 42.8 Å². The number of esters is 1. The van der Waals surface area contributed by atoms with Gasteiger partial charge in [0.25, 0.3) is 0 Å². The molecule has 0 aliphatic carbocycles. The summed E-state index contributed by atoms with van der Waals surface area (Å²) in [4.78, 5) is 24.5. The fourth-order valence-electron chi connectivity index (χ4n) is 2.26. The number of aliphatic carboxylic acids is 1. The molecular weight excluding hydrogens is 274 g/mol. The third kappa shape index (κ3) is 3.65. The maximum Gasteiger partial charge on any atom is 0.349 e. The Hall–Kier alpha value is -2.24. The van der Waals surface area contributed by atoms with Gasteiger partial charge in [-0.15, -0.1) is 0 Å². The average Bonchev–Trinajstić information content (AvgIpc) is 2.44. The number of carboxylic acid groups (broad SMARTS) is 1. The summed E-state index contributed by atoms with van der Waals surface area (Å²) in [6.45, 7) is 4.59. The van der Waals surface area contributed by atoms with Crippen LogP contribution >= 0.6 is 0 Å². The summed E-state index contributed by atoms with van der Waals surface area (Å²) in [7, 11) is 0. The second kappa shape index (κ2) is 6.47. The van der Waals surface area contributed by atoms with Crippen LogP contribution in [0.1, 0.15) is 18.9 Å². The summed E-state index contributed by atoms with van der Waals surface area (Å²) in [5.74, 6) is -0.720. The molecular formula is C15H19NO5. The van der Waals surface area contributed by atoms with Gasteiger partial charge in [-0.3, -0.25) is 4.79 Å². The van der Waals surface area contributed by atoms with Crippen molar-refractivity contribution in [2.75, 3.05) is 24.6 Å². The number of rotatable bonds is 5. The first-order valence-corrected chi connectivity index (χ1v) is 6.92. The molecule has 0 amide bonds. The molecule has 0 aromatic heterocycles. The summed E-state index contributed by atoms with van der Waals surface area (Å²) in [5, 5.41) is 8.86. The minimum absolute atomic E-state index is 0.00290. The van der Waals surface area contributed by atoms with Crippen molar-refractivity contribution in [2.24, 2.45) is 0 Å². The fourth-order valence-corrected chi connectivity index (χ4v) is 2.26. The molecule has 0 radical (unpaired) electrons. The van der Waals surface area contributed by atoms with E-state index in [-0.39, 0.29) is 13.0 Å². The minimum atomic E-state index is -0.872. The molecule has 1 aliphatic heterocycles. The first-order chi connectivity index (χ1) is 10.0. The number of fused-ring (bicyclic) bond motifs is 1. The lowest BCUT2D eigenvalue weighted by molar-refractivity contribution is -0.151. The van der Waals surface area contributed by atoms with Gasteiger partial charge in [-0.1, -0.05) is 6.07 Å². The van der Waals surface area contributed by atoms with E-state index in [1.165, 1.54) is 0 Å². The maximum atomic E-state index is 11.9. The number of carboxylic acids is 1. The van der Waals surface area contributed by atoms with Gasteiger partial charge in [0, 0.05) is 6.54 Å². The second-order valence-corrected chi connectivity index (χ2v) is 4.92. The van der Waals surface area contributed by atoms with Crippen LogP contribution in [0, 0.1) is 6.92 Å². The van der Waals surface area contributed by atoms with Gasteiger partial charge >= 0.3 is 11.9 Å². The van der Waals surface area contributed by atoms with Crippen LogP contribution in [-0.2, 0) is 14.3 Å². The number of hydrogen-bond acceptors (Lipinski definition) is 5. The molecule has 2 rings (SSSR count). The summed E-state index contributed by atoms with van der Waals surface area (Å²) < 4.78 is 10.7. The number of carbonyl (C=O) groups is 2. The quantitative estimate of drug-likeness (QED) is 0.831. The summed E-state index contributed by atoms with van der Waals surface area (Å²) in [6.07, 6.45) is -0.725. The zero-order valence-electron chi connectivity index (χ0n) is 12.2. The highest BCUT2D eigenvalue weighted by molar-refractivity contribution is 5.78. The maximum absolute atomic E-state index is 11.9. The molecule has 1 unspecified atom stereocenters. The molecule has 6 nitrogen and oxygen atoms in total. The standard InChI is InChI=1S/C15H19NO5/c1-3-20-15(19)13-9-16(7-6-14(17)18)11-8-10(2)4-5-12(11)21-13/h4-5,8,13H,3,6-7,9H2,1-2H3,(H,17,18). The molecule has 1 N–H and O–H groups in total. The van der Waals surface area contributed by atoms with E-state index in [4.69, 9.17) is 14.6 Å². The molecule has 0 bridgehead atoms.